The molecular weight excluding hydrogens is 163 g/mol. The van der Waals surface area contributed by atoms with Gasteiger partial charge in [-0.2, -0.15) is 0 Å². The highest BCUT2D eigenvalue weighted by molar-refractivity contribution is 7.80. The van der Waals surface area contributed by atoms with Crippen LogP contribution in [-0.2, 0) is 4.74 Å². The van der Waals surface area contributed by atoms with Gasteiger partial charge in [0.25, 0.3) is 0 Å². The predicted molar refractivity (Wildman–Crippen MR) is 45.1 cm³/mol. The molecule has 0 aromatic heterocycles. The third kappa shape index (κ3) is 1.98. The number of hydrogen-bond acceptors (Lipinski definition) is 2. The van der Waals surface area contributed by atoms with Crippen LogP contribution in [0.3, 0.4) is 0 Å². The standard InChI is InChI=1S/C8H7FOS/c1-10-8(11)6-2-4-7(9)5-3-6/h2-5H,1H3. The number of benzene rings is 1. The second-order valence-electron chi connectivity index (χ2n) is 2.00. The van der Waals surface area contributed by atoms with Crippen molar-refractivity contribution in [2.75, 3.05) is 7.11 Å². The van der Waals surface area contributed by atoms with E-state index in [0.29, 0.717) is 5.05 Å². The van der Waals surface area contributed by atoms with Gasteiger partial charge in [-0.05, 0) is 36.5 Å². The Hall–Kier alpha value is -0.960. The molecule has 1 nitrogen and oxygen atoms in total. The Kier molecular flexibility index (Phi) is 2.54. The second kappa shape index (κ2) is 3.44. The fourth-order valence-corrected chi connectivity index (χ4v) is 0.840. The van der Waals surface area contributed by atoms with Gasteiger partial charge in [0.05, 0.1) is 7.11 Å². The van der Waals surface area contributed by atoms with E-state index in [9.17, 15) is 4.39 Å². The van der Waals surface area contributed by atoms with Crippen LogP contribution in [0.4, 0.5) is 4.39 Å². The van der Waals surface area contributed by atoms with Crippen molar-refractivity contribution >= 4 is 17.3 Å². The van der Waals surface area contributed by atoms with Gasteiger partial charge in [-0.1, -0.05) is 0 Å². The molecule has 0 heterocycles. The number of halogens is 1. The summed E-state index contributed by atoms with van der Waals surface area (Å²) in [7, 11) is 1.49. The molecule has 0 atom stereocenters. The molecule has 58 valence electrons. The number of thiocarbonyl (C=S) groups is 1. The van der Waals surface area contributed by atoms with Gasteiger partial charge in [-0.3, -0.25) is 0 Å². The summed E-state index contributed by atoms with van der Waals surface area (Å²) in [5.74, 6) is -0.271. The Morgan fingerprint density at radius 2 is 1.91 bits per heavy atom. The summed E-state index contributed by atoms with van der Waals surface area (Å²) in [6, 6.07) is 5.86. The van der Waals surface area contributed by atoms with Crippen LogP contribution in [0.25, 0.3) is 0 Å². The molecule has 0 aliphatic rings. The first kappa shape index (κ1) is 8.14. The molecule has 0 saturated heterocycles. The Morgan fingerprint density at radius 3 is 2.36 bits per heavy atom. The summed E-state index contributed by atoms with van der Waals surface area (Å²) < 4.78 is 17.2. The van der Waals surface area contributed by atoms with Crippen LogP contribution in [0.5, 0.6) is 0 Å². The van der Waals surface area contributed by atoms with E-state index in [4.69, 9.17) is 17.0 Å². The normalized spacial score (nSPS) is 9.27. The zero-order chi connectivity index (χ0) is 8.27. The van der Waals surface area contributed by atoms with Crippen molar-refractivity contribution < 1.29 is 9.13 Å². The lowest BCUT2D eigenvalue weighted by atomic mass is 10.2. The van der Waals surface area contributed by atoms with Crippen LogP contribution in [0, 0.1) is 5.82 Å². The maximum atomic E-state index is 12.4. The summed E-state index contributed by atoms with van der Waals surface area (Å²) >= 11 is 4.82. The van der Waals surface area contributed by atoms with Gasteiger partial charge in [0.1, 0.15) is 5.82 Å². The van der Waals surface area contributed by atoms with Gasteiger partial charge in [0.2, 0.25) is 0 Å². The molecule has 0 spiro atoms. The molecule has 0 radical (unpaired) electrons. The van der Waals surface area contributed by atoms with E-state index < -0.39 is 0 Å². The third-order valence-electron chi connectivity index (χ3n) is 1.27. The molecule has 0 aliphatic heterocycles. The fourth-order valence-electron chi connectivity index (χ4n) is 0.704. The largest absolute Gasteiger partial charge is 0.486 e. The van der Waals surface area contributed by atoms with E-state index in [2.05, 4.69) is 0 Å². The highest BCUT2D eigenvalue weighted by atomic mass is 32.1. The Labute approximate surface area is 69.8 Å². The van der Waals surface area contributed by atoms with Crippen LogP contribution in [0.1, 0.15) is 5.56 Å². The van der Waals surface area contributed by atoms with E-state index >= 15 is 0 Å². The predicted octanol–water partition coefficient (Wildman–Crippen LogP) is 2.15. The molecule has 1 rings (SSSR count). The van der Waals surface area contributed by atoms with E-state index in [1.54, 1.807) is 12.1 Å². The minimum atomic E-state index is -0.271. The monoisotopic (exact) mass is 170 g/mol. The fraction of sp³-hybridized carbons (Fsp3) is 0.125. The SMILES string of the molecule is COC(=S)c1ccc(F)cc1. The minimum absolute atomic E-state index is 0.271. The quantitative estimate of drug-likeness (QED) is 0.597. The van der Waals surface area contributed by atoms with Crippen molar-refractivity contribution in [3.05, 3.63) is 35.6 Å². The van der Waals surface area contributed by atoms with Crippen molar-refractivity contribution in [2.24, 2.45) is 0 Å². The first-order chi connectivity index (χ1) is 5.24. The van der Waals surface area contributed by atoms with E-state index in [0.717, 1.165) is 5.56 Å². The highest BCUT2D eigenvalue weighted by Gasteiger charge is 1.98. The van der Waals surface area contributed by atoms with E-state index in [1.165, 1.54) is 19.2 Å². The second-order valence-corrected chi connectivity index (χ2v) is 2.37. The Morgan fingerprint density at radius 1 is 1.36 bits per heavy atom. The molecule has 0 N–H and O–H groups in total. The minimum Gasteiger partial charge on any atom is -0.486 e. The number of hydrogen-bond donors (Lipinski definition) is 0. The highest BCUT2D eigenvalue weighted by Crippen LogP contribution is 2.04. The lowest BCUT2D eigenvalue weighted by molar-refractivity contribution is 0.416. The average Bonchev–Trinajstić information content (AvgIpc) is 2.05. The lowest BCUT2D eigenvalue weighted by Crippen LogP contribution is -1.98. The molecule has 0 unspecified atom stereocenters. The average molecular weight is 170 g/mol. The number of methoxy groups -OCH3 is 1. The van der Waals surface area contributed by atoms with Crippen LogP contribution in [-0.4, -0.2) is 12.2 Å². The summed E-state index contributed by atoms with van der Waals surface area (Å²) in [6.07, 6.45) is 0. The third-order valence-corrected chi connectivity index (χ3v) is 1.67. The summed E-state index contributed by atoms with van der Waals surface area (Å²) in [4.78, 5) is 0. The Balaban J connectivity index is 2.90. The lowest BCUT2D eigenvalue weighted by Gasteiger charge is -2.00. The zero-order valence-corrected chi connectivity index (χ0v) is 6.82. The van der Waals surface area contributed by atoms with Crippen LogP contribution >= 0.6 is 12.2 Å². The van der Waals surface area contributed by atoms with Crippen molar-refractivity contribution in [1.82, 2.24) is 0 Å². The molecule has 1 aromatic carbocycles. The van der Waals surface area contributed by atoms with Crippen molar-refractivity contribution in [2.45, 2.75) is 0 Å². The van der Waals surface area contributed by atoms with Crippen LogP contribution in [0.2, 0.25) is 0 Å². The molecule has 0 saturated carbocycles. The summed E-state index contributed by atoms with van der Waals surface area (Å²) in [6.45, 7) is 0. The molecule has 1 aromatic rings. The van der Waals surface area contributed by atoms with Crippen molar-refractivity contribution in [3.8, 4) is 0 Å². The number of rotatable bonds is 1. The zero-order valence-electron chi connectivity index (χ0n) is 6.00. The topological polar surface area (TPSA) is 9.23 Å². The van der Waals surface area contributed by atoms with Gasteiger partial charge < -0.3 is 4.74 Å². The van der Waals surface area contributed by atoms with Gasteiger partial charge in [0.15, 0.2) is 5.05 Å². The molecule has 11 heavy (non-hydrogen) atoms. The summed E-state index contributed by atoms with van der Waals surface area (Å²) in [5.41, 5.74) is 0.726. The van der Waals surface area contributed by atoms with E-state index in [1.807, 2.05) is 0 Å². The van der Waals surface area contributed by atoms with Gasteiger partial charge in [0, 0.05) is 5.56 Å². The maximum absolute atomic E-state index is 12.4. The first-order valence-electron chi connectivity index (χ1n) is 3.08. The van der Waals surface area contributed by atoms with Gasteiger partial charge in [-0.15, -0.1) is 0 Å². The van der Waals surface area contributed by atoms with Crippen LogP contribution in [0.15, 0.2) is 24.3 Å². The van der Waals surface area contributed by atoms with Gasteiger partial charge in [-0.25, -0.2) is 4.39 Å². The summed E-state index contributed by atoms with van der Waals surface area (Å²) in [5, 5.41) is 0.380. The Bertz CT molecular complexity index is 255. The first-order valence-corrected chi connectivity index (χ1v) is 3.49. The van der Waals surface area contributed by atoms with E-state index in [-0.39, 0.29) is 5.82 Å². The molecule has 0 amide bonds. The van der Waals surface area contributed by atoms with Gasteiger partial charge >= 0.3 is 0 Å². The van der Waals surface area contributed by atoms with Crippen molar-refractivity contribution in [3.63, 3.8) is 0 Å². The smallest absolute Gasteiger partial charge is 0.190 e. The molecule has 0 fully saturated rings. The molecule has 3 heteroatoms. The molecular formula is C8H7FOS. The molecule has 0 bridgehead atoms. The van der Waals surface area contributed by atoms with Crippen molar-refractivity contribution in [1.29, 1.82) is 0 Å². The number of ether oxygens (including phenoxy) is 1. The maximum Gasteiger partial charge on any atom is 0.190 e. The van der Waals surface area contributed by atoms with Crippen LogP contribution < -0.4 is 0 Å². The molecule has 0 aliphatic carbocycles.